The van der Waals surface area contributed by atoms with Gasteiger partial charge in [-0.1, -0.05) is 20.8 Å². The summed E-state index contributed by atoms with van der Waals surface area (Å²) in [5, 5.41) is 0. The quantitative estimate of drug-likeness (QED) is 0.823. The van der Waals surface area contributed by atoms with E-state index in [0.29, 0.717) is 6.42 Å². The second-order valence-electron chi connectivity index (χ2n) is 6.99. The molecule has 0 aliphatic carbocycles. The van der Waals surface area contributed by atoms with Crippen molar-refractivity contribution in [1.82, 2.24) is 9.36 Å². The molecular weight excluding hydrogens is 278 g/mol. The maximum Gasteiger partial charge on any atom is 0.290 e. The van der Waals surface area contributed by atoms with Crippen molar-refractivity contribution in [3.05, 3.63) is 16.0 Å². The summed E-state index contributed by atoms with van der Waals surface area (Å²) in [5.41, 5.74) is 5.64. The molecule has 2 heterocycles. The number of hydrogen-bond donors (Lipinski definition) is 1. The molecule has 1 aliphatic heterocycles. The van der Waals surface area contributed by atoms with Gasteiger partial charge in [0.05, 0.1) is 22.7 Å². The monoisotopic (exact) mass is 301 g/mol. The lowest BCUT2D eigenvalue weighted by molar-refractivity contribution is 0.272. The first kappa shape index (κ1) is 15.2. The number of nitrogens with zero attached hydrogens (tertiary/aromatic N) is 2. The zero-order valence-electron chi connectivity index (χ0n) is 12.7. The molecule has 0 radical (unpaired) electrons. The molecule has 1 aliphatic rings. The van der Waals surface area contributed by atoms with Crippen molar-refractivity contribution in [2.24, 2.45) is 7.05 Å². The zero-order chi connectivity index (χ0) is 15.5. The van der Waals surface area contributed by atoms with Crippen LogP contribution < -0.4 is 11.3 Å². The van der Waals surface area contributed by atoms with Gasteiger partial charge in [-0.15, -0.1) is 0 Å². The Morgan fingerprint density at radius 1 is 1.30 bits per heavy atom. The first-order valence-corrected chi connectivity index (χ1v) is 8.50. The first-order valence-electron chi connectivity index (χ1n) is 6.68. The smallest absolute Gasteiger partial charge is 0.290 e. The van der Waals surface area contributed by atoms with E-state index in [1.54, 1.807) is 11.7 Å². The number of hydrogen-bond acceptors (Lipinski definition) is 4. The zero-order valence-corrected chi connectivity index (χ0v) is 13.5. The highest BCUT2D eigenvalue weighted by Crippen LogP contribution is 2.33. The van der Waals surface area contributed by atoms with E-state index in [1.165, 1.54) is 4.68 Å². The summed E-state index contributed by atoms with van der Waals surface area (Å²) in [6.07, 6.45) is 0.441. The fourth-order valence-electron chi connectivity index (χ4n) is 3.28. The second-order valence-corrected chi connectivity index (χ2v) is 9.18. The van der Waals surface area contributed by atoms with E-state index in [0.717, 1.165) is 5.69 Å². The number of aromatic nitrogens is 2. The van der Waals surface area contributed by atoms with E-state index >= 15 is 0 Å². The highest BCUT2D eigenvalue weighted by atomic mass is 32.2. The minimum atomic E-state index is -3.09. The van der Waals surface area contributed by atoms with Crippen LogP contribution in [0.3, 0.4) is 0 Å². The molecule has 1 saturated heterocycles. The summed E-state index contributed by atoms with van der Waals surface area (Å²) in [4.78, 5) is 12.5. The minimum absolute atomic E-state index is 0.0131. The molecule has 2 N–H and O–H groups in total. The maximum atomic E-state index is 12.5. The predicted molar refractivity (Wildman–Crippen MR) is 79.7 cm³/mol. The molecule has 2 rings (SSSR count). The number of nitrogen functional groups attached to an aromatic ring is 1. The molecule has 7 heteroatoms. The molecule has 1 aromatic rings. The van der Waals surface area contributed by atoms with Gasteiger partial charge in [-0.05, 0) is 13.3 Å². The third-order valence-electron chi connectivity index (χ3n) is 4.01. The molecule has 0 amide bonds. The average molecular weight is 301 g/mol. The van der Waals surface area contributed by atoms with E-state index in [4.69, 9.17) is 5.73 Å². The summed E-state index contributed by atoms with van der Waals surface area (Å²) < 4.78 is 26.8. The van der Waals surface area contributed by atoms with Gasteiger partial charge in [-0.3, -0.25) is 9.48 Å². The normalized spacial score (nSPS) is 26.1. The third-order valence-corrected chi connectivity index (χ3v) is 5.89. The molecule has 1 aromatic heterocycles. The number of anilines is 1. The molecule has 0 saturated carbocycles. The van der Waals surface area contributed by atoms with Crippen LogP contribution in [-0.2, 0) is 27.8 Å². The highest BCUT2D eigenvalue weighted by molar-refractivity contribution is 7.91. The van der Waals surface area contributed by atoms with Gasteiger partial charge in [0.1, 0.15) is 5.69 Å². The van der Waals surface area contributed by atoms with Gasteiger partial charge in [-0.25, -0.2) is 13.1 Å². The van der Waals surface area contributed by atoms with Gasteiger partial charge in [0.25, 0.3) is 5.56 Å². The summed E-state index contributed by atoms with van der Waals surface area (Å²) >= 11 is 0. The van der Waals surface area contributed by atoms with E-state index in [2.05, 4.69) is 0 Å². The van der Waals surface area contributed by atoms with Crippen molar-refractivity contribution < 1.29 is 8.42 Å². The maximum absolute atomic E-state index is 12.5. The largest absolute Gasteiger partial charge is 0.393 e. The fourth-order valence-corrected chi connectivity index (χ4v) is 5.39. The van der Waals surface area contributed by atoms with E-state index in [-0.39, 0.29) is 28.2 Å². The van der Waals surface area contributed by atoms with Crippen LogP contribution >= 0.6 is 0 Å². The Hall–Kier alpha value is -1.24. The highest BCUT2D eigenvalue weighted by Gasteiger charge is 2.43. The molecule has 0 bridgehead atoms. The van der Waals surface area contributed by atoms with Crippen LogP contribution in [0.1, 0.15) is 39.8 Å². The van der Waals surface area contributed by atoms with Gasteiger partial charge in [0, 0.05) is 12.5 Å². The lowest BCUT2D eigenvalue weighted by atomic mass is 9.91. The van der Waals surface area contributed by atoms with Crippen molar-refractivity contribution >= 4 is 15.5 Å². The second kappa shape index (κ2) is 4.13. The Bertz CT molecular complexity index is 706. The van der Waals surface area contributed by atoms with Crippen molar-refractivity contribution in [2.75, 3.05) is 17.2 Å². The molecule has 0 aromatic carbocycles. The van der Waals surface area contributed by atoms with Gasteiger partial charge in [0.15, 0.2) is 9.84 Å². The molecule has 0 spiro atoms. The van der Waals surface area contributed by atoms with Crippen molar-refractivity contribution in [1.29, 1.82) is 0 Å². The van der Waals surface area contributed by atoms with E-state index in [9.17, 15) is 13.2 Å². The van der Waals surface area contributed by atoms with Crippen molar-refractivity contribution in [2.45, 2.75) is 45.1 Å². The minimum Gasteiger partial charge on any atom is -0.393 e. The van der Waals surface area contributed by atoms with Gasteiger partial charge in [-0.2, -0.15) is 0 Å². The Balaban J connectivity index is 2.70. The number of sulfone groups is 1. The lowest BCUT2D eigenvalue weighted by Crippen LogP contribution is -2.42. The topological polar surface area (TPSA) is 87.1 Å². The standard InChI is InChI=1S/C13H23N3O3S/c1-12(2,3)10-9(14)11(17)16(15(10)5)13(4)6-7-20(18,19)8-13/h6-8,14H2,1-5H3. The molecule has 1 atom stereocenters. The van der Waals surface area contributed by atoms with Crippen LogP contribution in [-0.4, -0.2) is 29.3 Å². The predicted octanol–water partition coefficient (Wildman–Crippen LogP) is 0.600. The van der Waals surface area contributed by atoms with Crippen LogP contribution in [0.25, 0.3) is 0 Å². The number of rotatable bonds is 1. The number of nitrogens with two attached hydrogens (primary N) is 1. The Kier molecular flexibility index (Phi) is 3.13. The van der Waals surface area contributed by atoms with Crippen LogP contribution in [0.5, 0.6) is 0 Å². The van der Waals surface area contributed by atoms with Gasteiger partial charge >= 0.3 is 0 Å². The van der Waals surface area contributed by atoms with Crippen LogP contribution in [0.15, 0.2) is 4.79 Å². The molecule has 114 valence electrons. The third kappa shape index (κ3) is 2.17. The Morgan fingerprint density at radius 2 is 1.85 bits per heavy atom. The summed E-state index contributed by atoms with van der Waals surface area (Å²) in [6.45, 7) is 7.76. The Morgan fingerprint density at radius 3 is 2.20 bits per heavy atom. The SMILES string of the molecule is Cn1c(C(C)(C)C)c(N)c(=O)n1C1(C)CCS(=O)(=O)C1. The van der Waals surface area contributed by atoms with Crippen LogP contribution in [0, 0.1) is 0 Å². The molecule has 20 heavy (non-hydrogen) atoms. The summed E-state index contributed by atoms with van der Waals surface area (Å²) in [6, 6.07) is 0. The van der Waals surface area contributed by atoms with Crippen LogP contribution in [0.2, 0.25) is 0 Å². The van der Waals surface area contributed by atoms with Crippen molar-refractivity contribution in [3.63, 3.8) is 0 Å². The lowest BCUT2D eigenvalue weighted by Gasteiger charge is -2.28. The average Bonchev–Trinajstić information content (AvgIpc) is 2.62. The van der Waals surface area contributed by atoms with E-state index < -0.39 is 15.4 Å². The van der Waals surface area contributed by atoms with E-state index in [1.807, 2.05) is 27.7 Å². The van der Waals surface area contributed by atoms with Gasteiger partial charge < -0.3 is 5.73 Å². The molecule has 6 nitrogen and oxygen atoms in total. The molecular formula is C13H23N3O3S. The molecule has 1 unspecified atom stereocenters. The van der Waals surface area contributed by atoms with Gasteiger partial charge in [0.2, 0.25) is 0 Å². The van der Waals surface area contributed by atoms with Crippen LogP contribution in [0.4, 0.5) is 5.69 Å². The molecule has 1 fully saturated rings. The van der Waals surface area contributed by atoms with Crippen molar-refractivity contribution in [3.8, 4) is 0 Å². The Labute approximate surface area is 119 Å². The summed E-state index contributed by atoms with van der Waals surface area (Å²) in [7, 11) is -1.32. The fraction of sp³-hybridized carbons (Fsp3) is 0.769. The first-order chi connectivity index (χ1) is 8.89. The summed E-state index contributed by atoms with van der Waals surface area (Å²) in [5.74, 6) is 0.104.